The molecule has 0 aromatic carbocycles. The number of nitrogens with one attached hydrogen (secondary N) is 2. The number of imidazole rings is 1. The molecule has 0 fully saturated rings. The lowest BCUT2D eigenvalue weighted by molar-refractivity contribution is -0.137. The Bertz CT molecular complexity index is 918. The van der Waals surface area contributed by atoms with Gasteiger partial charge in [-0.2, -0.15) is 5.10 Å². The number of carbonyl (C=O) groups is 3. The van der Waals surface area contributed by atoms with E-state index in [1.165, 1.54) is 23.3 Å². The molecule has 0 saturated carbocycles. The molecule has 26 heavy (non-hydrogen) atoms. The summed E-state index contributed by atoms with van der Waals surface area (Å²) in [6.07, 6.45) is 6.01. The fourth-order valence-electron chi connectivity index (χ4n) is 2.36. The number of nitrogens with zero attached hydrogens (tertiary/aromatic N) is 4. The normalized spacial score (nSPS) is 11.7. The number of pyridine rings is 1. The molecule has 0 aliphatic heterocycles. The van der Waals surface area contributed by atoms with Gasteiger partial charge in [0.1, 0.15) is 11.7 Å². The highest BCUT2D eigenvalue weighted by molar-refractivity contribution is 6.38. The molecule has 132 valence electrons. The van der Waals surface area contributed by atoms with Gasteiger partial charge in [0.05, 0.1) is 18.2 Å². The Balaban J connectivity index is 1.83. The number of hydrogen-bond acceptors (Lipinski definition) is 6. The highest BCUT2D eigenvalue weighted by Crippen LogP contribution is 2.08. The molecule has 3 aromatic rings. The van der Waals surface area contributed by atoms with E-state index in [1.54, 1.807) is 30.6 Å². The fourth-order valence-corrected chi connectivity index (χ4v) is 2.36. The number of nitrogens with two attached hydrogens (primary N) is 1. The maximum absolute atomic E-state index is 12.6. The van der Waals surface area contributed by atoms with Crippen molar-refractivity contribution < 1.29 is 14.4 Å². The standard InChI is InChI=1S/C16H15N7O3/c17-15(25)14(24)11(7-10-8-18-9-20-10)22-16(26)12-4-6-21-23(12)13-3-1-2-5-19-13/h1-6,8-9,11H,7H2,(H2,17,25)(H,18,20)(H,22,26). The zero-order valence-corrected chi connectivity index (χ0v) is 13.5. The molecule has 0 radical (unpaired) electrons. The number of amides is 2. The van der Waals surface area contributed by atoms with Crippen molar-refractivity contribution in [2.75, 3.05) is 0 Å². The number of hydrogen-bond donors (Lipinski definition) is 3. The van der Waals surface area contributed by atoms with Crippen molar-refractivity contribution in [2.24, 2.45) is 5.73 Å². The number of H-pyrrole nitrogens is 1. The Morgan fingerprint density at radius 2 is 2.04 bits per heavy atom. The van der Waals surface area contributed by atoms with Gasteiger partial charge >= 0.3 is 0 Å². The molecule has 0 aliphatic rings. The average molecular weight is 353 g/mol. The first-order chi connectivity index (χ1) is 12.6. The third-order valence-corrected chi connectivity index (χ3v) is 3.57. The Morgan fingerprint density at radius 3 is 2.69 bits per heavy atom. The van der Waals surface area contributed by atoms with E-state index in [2.05, 4.69) is 25.4 Å². The van der Waals surface area contributed by atoms with Gasteiger partial charge < -0.3 is 16.0 Å². The topological polar surface area (TPSA) is 149 Å². The van der Waals surface area contributed by atoms with Crippen molar-refractivity contribution in [3.05, 3.63) is 60.6 Å². The number of primary amides is 1. The molecule has 4 N–H and O–H groups in total. The number of ketones is 1. The third kappa shape index (κ3) is 3.64. The summed E-state index contributed by atoms with van der Waals surface area (Å²) in [5.74, 6) is -2.20. The van der Waals surface area contributed by atoms with Gasteiger partial charge in [0, 0.05) is 18.8 Å². The van der Waals surface area contributed by atoms with E-state index >= 15 is 0 Å². The largest absolute Gasteiger partial charge is 0.363 e. The molecule has 0 aliphatic carbocycles. The summed E-state index contributed by atoms with van der Waals surface area (Å²) in [5.41, 5.74) is 5.75. The molecule has 0 spiro atoms. The highest BCUT2D eigenvalue weighted by Gasteiger charge is 2.27. The Morgan fingerprint density at radius 1 is 1.19 bits per heavy atom. The van der Waals surface area contributed by atoms with Gasteiger partial charge in [0.15, 0.2) is 5.82 Å². The number of rotatable bonds is 7. The second-order valence-electron chi connectivity index (χ2n) is 5.34. The predicted molar refractivity (Wildman–Crippen MR) is 89.1 cm³/mol. The van der Waals surface area contributed by atoms with Crippen LogP contribution in [0, 0.1) is 0 Å². The van der Waals surface area contributed by atoms with Crippen LogP contribution in [0.15, 0.2) is 49.2 Å². The van der Waals surface area contributed by atoms with E-state index in [9.17, 15) is 14.4 Å². The van der Waals surface area contributed by atoms with Crippen LogP contribution >= 0.6 is 0 Å². The minimum absolute atomic E-state index is 0.0226. The summed E-state index contributed by atoms with van der Waals surface area (Å²) in [6.45, 7) is 0. The Kier molecular flexibility index (Phi) is 4.83. The van der Waals surface area contributed by atoms with Crippen molar-refractivity contribution in [3.8, 4) is 5.82 Å². The molecule has 3 rings (SSSR count). The van der Waals surface area contributed by atoms with E-state index in [-0.39, 0.29) is 12.1 Å². The van der Waals surface area contributed by atoms with Crippen LogP contribution in [0.25, 0.3) is 5.82 Å². The van der Waals surface area contributed by atoms with Crippen LogP contribution in [0.2, 0.25) is 0 Å². The zero-order valence-electron chi connectivity index (χ0n) is 13.5. The van der Waals surface area contributed by atoms with Crippen molar-refractivity contribution in [2.45, 2.75) is 12.5 Å². The SMILES string of the molecule is NC(=O)C(=O)C(Cc1c[nH]cn1)NC(=O)c1ccnn1-c1ccccn1. The van der Waals surface area contributed by atoms with Crippen LogP contribution in [-0.2, 0) is 16.0 Å². The average Bonchev–Trinajstić information content (AvgIpc) is 3.32. The maximum Gasteiger partial charge on any atom is 0.287 e. The lowest BCUT2D eigenvalue weighted by Gasteiger charge is -2.15. The van der Waals surface area contributed by atoms with E-state index < -0.39 is 23.6 Å². The number of aromatic nitrogens is 5. The quantitative estimate of drug-likeness (QED) is 0.482. The van der Waals surface area contributed by atoms with Crippen molar-refractivity contribution in [1.29, 1.82) is 0 Å². The van der Waals surface area contributed by atoms with E-state index in [0.717, 1.165) is 0 Å². The molecule has 10 heteroatoms. The lowest BCUT2D eigenvalue weighted by atomic mass is 10.1. The first kappa shape index (κ1) is 17.0. The number of Topliss-reactive ketones (excluding diaryl/α,β-unsaturated/α-hetero) is 1. The first-order valence-electron chi connectivity index (χ1n) is 7.64. The Labute approximate surface area is 147 Å². The van der Waals surface area contributed by atoms with Gasteiger partial charge in [-0.3, -0.25) is 14.4 Å². The third-order valence-electron chi connectivity index (χ3n) is 3.57. The number of carbonyl (C=O) groups excluding carboxylic acids is 3. The molecule has 1 unspecified atom stereocenters. The minimum atomic E-state index is -1.14. The van der Waals surface area contributed by atoms with Crippen LogP contribution in [0.4, 0.5) is 0 Å². The zero-order chi connectivity index (χ0) is 18.5. The summed E-state index contributed by atoms with van der Waals surface area (Å²) in [6, 6.07) is 5.50. The molecular weight excluding hydrogens is 338 g/mol. The van der Waals surface area contributed by atoms with Crippen molar-refractivity contribution >= 4 is 17.6 Å². The molecule has 10 nitrogen and oxygen atoms in total. The van der Waals surface area contributed by atoms with Gasteiger partial charge in [0.25, 0.3) is 11.8 Å². The van der Waals surface area contributed by atoms with Crippen LogP contribution < -0.4 is 11.1 Å². The predicted octanol–water partition coefficient (Wildman–Crippen LogP) is -0.614. The minimum Gasteiger partial charge on any atom is -0.363 e. The molecule has 0 bridgehead atoms. The second kappa shape index (κ2) is 7.38. The monoisotopic (exact) mass is 353 g/mol. The summed E-state index contributed by atoms with van der Waals surface area (Å²) < 4.78 is 1.33. The summed E-state index contributed by atoms with van der Waals surface area (Å²) in [5, 5.41) is 6.59. The summed E-state index contributed by atoms with van der Waals surface area (Å²) >= 11 is 0. The fraction of sp³-hybridized carbons (Fsp3) is 0.125. The summed E-state index contributed by atoms with van der Waals surface area (Å²) in [4.78, 5) is 46.9. The maximum atomic E-state index is 12.6. The summed E-state index contributed by atoms with van der Waals surface area (Å²) in [7, 11) is 0. The number of aromatic amines is 1. The smallest absolute Gasteiger partial charge is 0.287 e. The van der Waals surface area contributed by atoms with Crippen LogP contribution in [0.5, 0.6) is 0 Å². The van der Waals surface area contributed by atoms with Gasteiger partial charge in [-0.1, -0.05) is 6.07 Å². The Hall–Kier alpha value is -3.82. The molecule has 1 atom stereocenters. The van der Waals surface area contributed by atoms with Crippen LogP contribution in [-0.4, -0.2) is 48.4 Å². The first-order valence-corrected chi connectivity index (χ1v) is 7.64. The van der Waals surface area contributed by atoms with Crippen LogP contribution in [0.3, 0.4) is 0 Å². The van der Waals surface area contributed by atoms with Gasteiger partial charge in [-0.25, -0.2) is 14.6 Å². The van der Waals surface area contributed by atoms with Crippen molar-refractivity contribution in [1.82, 2.24) is 30.0 Å². The molecule has 3 heterocycles. The van der Waals surface area contributed by atoms with E-state index in [1.807, 2.05) is 0 Å². The lowest BCUT2D eigenvalue weighted by Crippen LogP contribution is -2.47. The molecule has 3 aromatic heterocycles. The highest BCUT2D eigenvalue weighted by atomic mass is 16.2. The van der Waals surface area contributed by atoms with Gasteiger partial charge in [-0.05, 0) is 18.2 Å². The second-order valence-corrected chi connectivity index (χ2v) is 5.34. The van der Waals surface area contributed by atoms with Crippen LogP contribution in [0.1, 0.15) is 16.2 Å². The van der Waals surface area contributed by atoms with E-state index in [4.69, 9.17) is 5.73 Å². The van der Waals surface area contributed by atoms with E-state index in [0.29, 0.717) is 11.5 Å². The van der Waals surface area contributed by atoms with Gasteiger partial charge in [0.2, 0.25) is 5.78 Å². The molecule has 0 saturated heterocycles. The van der Waals surface area contributed by atoms with Crippen molar-refractivity contribution in [3.63, 3.8) is 0 Å². The molecular formula is C16H15N7O3. The van der Waals surface area contributed by atoms with Gasteiger partial charge in [-0.15, -0.1) is 0 Å². The molecule has 2 amide bonds.